The number of nitrogens with one attached hydrogen (secondary N) is 1. The minimum Gasteiger partial charge on any atom is -0.490 e. The van der Waals surface area contributed by atoms with Gasteiger partial charge < -0.3 is 19.5 Å². The fourth-order valence-corrected chi connectivity index (χ4v) is 5.23. The Labute approximate surface area is 221 Å². The highest BCUT2D eigenvalue weighted by Gasteiger charge is 2.25. The molecule has 204 valence electrons. The maximum absolute atomic E-state index is 15.4. The summed E-state index contributed by atoms with van der Waals surface area (Å²) < 4.78 is 35.4. The predicted molar refractivity (Wildman–Crippen MR) is 139 cm³/mol. The van der Waals surface area contributed by atoms with Crippen molar-refractivity contribution in [3.05, 3.63) is 52.2 Å². The number of aromatic nitrogens is 5. The van der Waals surface area contributed by atoms with Crippen LogP contribution in [0.3, 0.4) is 0 Å². The summed E-state index contributed by atoms with van der Waals surface area (Å²) in [6, 6.07) is 3.26. The second kappa shape index (κ2) is 11.9. The lowest BCUT2D eigenvalue weighted by atomic mass is 9.86. The number of benzene rings is 1. The van der Waals surface area contributed by atoms with Crippen LogP contribution in [0.5, 0.6) is 11.8 Å². The highest BCUT2D eigenvalue weighted by molar-refractivity contribution is 5.46. The molecule has 1 atom stereocenters. The Morgan fingerprint density at radius 1 is 1.13 bits per heavy atom. The van der Waals surface area contributed by atoms with Crippen LogP contribution in [0, 0.1) is 11.7 Å². The number of anilines is 1. The molecule has 0 radical (unpaired) electrons. The second-order valence-corrected chi connectivity index (χ2v) is 9.98. The Balaban J connectivity index is 1.36. The first kappa shape index (κ1) is 26.1. The highest BCUT2D eigenvalue weighted by atomic mass is 19.1. The molecule has 0 spiro atoms. The molecular weight excluding hydrogens is 491 g/mol. The summed E-state index contributed by atoms with van der Waals surface area (Å²) >= 11 is 0. The quantitative estimate of drug-likeness (QED) is 0.309. The lowest BCUT2D eigenvalue weighted by Gasteiger charge is -2.29. The molecule has 0 unspecified atom stereocenters. The van der Waals surface area contributed by atoms with E-state index in [4.69, 9.17) is 14.2 Å². The molecule has 0 saturated heterocycles. The summed E-state index contributed by atoms with van der Waals surface area (Å²) in [5, 5.41) is 7.52. The monoisotopic (exact) mass is 526 g/mol. The molecule has 1 aliphatic carbocycles. The first-order valence-corrected chi connectivity index (χ1v) is 13.4. The third-order valence-corrected chi connectivity index (χ3v) is 7.40. The van der Waals surface area contributed by atoms with Crippen LogP contribution >= 0.6 is 0 Å². The summed E-state index contributed by atoms with van der Waals surface area (Å²) in [5.41, 5.74) is 1.01. The summed E-state index contributed by atoms with van der Waals surface area (Å²) in [6.45, 7) is 2.94. The molecule has 3 heterocycles. The largest absolute Gasteiger partial charge is 0.490 e. The molecule has 3 aromatic rings. The molecule has 0 bridgehead atoms. The number of aryl methyl sites for hydroxylation is 1. The van der Waals surface area contributed by atoms with Crippen molar-refractivity contribution in [2.24, 2.45) is 5.92 Å². The molecular formula is C27H35FN6O4. The summed E-state index contributed by atoms with van der Waals surface area (Å²) in [6.07, 6.45) is 11.6. The minimum atomic E-state index is -0.546. The number of methoxy groups -OCH3 is 1. The zero-order valence-electron chi connectivity index (χ0n) is 22.0. The van der Waals surface area contributed by atoms with Crippen molar-refractivity contribution in [2.45, 2.75) is 77.5 Å². The Morgan fingerprint density at radius 3 is 2.66 bits per heavy atom. The maximum atomic E-state index is 15.4. The summed E-state index contributed by atoms with van der Waals surface area (Å²) in [4.78, 5) is 21.1. The van der Waals surface area contributed by atoms with Crippen LogP contribution in [0.1, 0.15) is 63.3 Å². The third kappa shape index (κ3) is 5.82. The van der Waals surface area contributed by atoms with Gasteiger partial charge in [-0.3, -0.25) is 4.57 Å². The smallest absolute Gasteiger partial charge is 0.350 e. The van der Waals surface area contributed by atoms with Gasteiger partial charge in [0, 0.05) is 24.6 Å². The fourth-order valence-electron chi connectivity index (χ4n) is 5.23. The molecule has 1 fully saturated rings. The minimum absolute atomic E-state index is 0.0474. The van der Waals surface area contributed by atoms with E-state index in [0.29, 0.717) is 41.7 Å². The topological polar surface area (TPSA) is 105 Å². The van der Waals surface area contributed by atoms with E-state index >= 15 is 4.39 Å². The number of halogens is 1. The van der Waals surface area contributed by atoms with Gasteiger partial charge >= 0.3 is 11.7 Å². The molecule has 2 aliphatic rings. The molecule has 0 amide bonds. The Hall–Kier alpha value is -3.47. The van der Waals surface area contributed by atoms with E-state index in [0.717, 1.165) is 25.7 Å². The van der Waals surface area contributed by atoms with Crippen LogP contribution in [-0.2, 0) is 24.3 Å². The number of ether oxygens (including phenoxy) is 3. The van der Waals surface area contributed by atoms with Crippen molar-refractivity contribution in [3.8, 4) is 17.4 Å². The normalized spacial score (nSPS) is 16.6. The first-order chi connectivity index (χ1) is 18.5. The zero-order valence-corrected chi connectivity index (χ0v) is 22.0. The molecule has 2 aromatic heterocycles. The number of rotatable bonds is 10. The van der Waals surface area contributed by atoms with E-state index in [1.807, 2.05) is 0 Å². The SMILES string of the molecule is COc1ncc(NCOCc2cc(F)c(-n3nc4n(c3=O)CCCC4)cc2O[C@@H](C)C2CCCCC2)cn1. The van der Waals surface area contributed by atoms with Gasteiger partial charge in [0.2, 0.25) is 0 Å². The molecule has 11 heteroatoms. The lowest BCUT2D eigenvalue weighted by Crippen LogP contribution is -2.27. The van der Waals surface area contributed by atoms with Crippen LogP contribution in [0.25, 0.3) is 5.69 Å². The van der Waals surface area contributed by atoms with Crippen LogP contribution in [0.2, 0.25) is 0 Å². The Kier molecular flexibility index (Phi) is 8.21. The van der Waals surface area contributed by atoms with Gasteiger partial charge in [-0.25, -0.2) is 19.2 Å². The number of fused-ring (bicyclic) bond motifs is 1. The maximum Gasteiger partial charge on any atom is 0.350 e. The number of hydrogen-bond acceptors (Lipinski definition) is 8. The molecule has 1 aromatic carbocycles. The average molecular weight is 527 g/mol. The van der Waals surface area contributed by atoms with E-state index in [-0.39, 0.29) is 36.8 Å². The third-order valence-electron chi connectivity index (χ3n) is 7.40. The Morgan fingerprint density at radius 2 is 1.92 bits per heavy atom. The molecule has 10 nitrogen and oxygen atoms in total. The molecule has 5 rings (SSSR count). The van der Waals surface area contributed by atoms with Gasteiger partial charge in [0.15, 0.2) is 0 Å². The van der Waals surface area contributed by atoms with Crippen molar-refractivity contribution in [1.29, 1.82) is 0 Å². The van der Waals surface area contributed by atoms with Crippen molar-refractivity contribution < 1.29 is 18.6 Å². The van der Waals surface area contributed by atoms with Gasteiger partial charge in [-0.15, -0.1) is 5.10 Å². The molecule has 1 aliphatic heterocycles. The van der Waals surface area contributed by atoms with E-state index < -0.39 is 5.82 Å². The average Bonchev–Trinajstić information content (AvgIpc) is 3.29. The predicted octanol–water partition coefficient (Wildman–Crippen LogP) is 4.24. The standard InChI is InChI=1S/C27H35FN6O4/c1-18(19-8-4-3-5-9-19)38-24-13-23(34-27(35)33-11-7-6-10-25(33)32-34)22(28)12-20(24)16-37-17-31-21-14-29-26(36-2)30-15-21/h12-15,18-19,31H,3-11,16-17H2,1-2H3/t18-/m0/s1. The first-order valence-electron chi connectivity index (χ1n) is 13.4. The highest BCUT2D eigenvalue weighted by Crippen LogP contribution is 2.32. The van der Waals surface area contributed by atoms with Crippen molar-refractivity contribution >= 4 is 5.69 Å². The van der Waals surface area contributed by atoms with Gasteiger partial charge in [-0.2, -0.15) is 4.68 Å². The van der Waals surface area contributed by atoms with Crippen molar-refractivity contribution in [1.82, 2.24) is 24.3 Å². The van der Waals surface area contributed by atoms with Crippen molar-refractivity contribution in [3.63, 3.8) is 0 Å². The van der Waals surface area contributed by atoms with E-state index in [1.165, 1.54) is 37.1 Å². The lowest BCUT2D eigenvalue weighted by molar-refractivity contribution is 0.110. The zero-order chi connectivity index (χ0) is 26.5. The van der Waals surface area contributed by atoms with E-state index in [1.54, 1.807) is 23.0 Å². The second-order valence-electron chi connectivity index (χ2n) is 9.98. The van der Waals surface area contributed by atoms with Crippen LogP contribution in [0.4, 0.5) is 10.1 Å². The molecule has 1 saturated carbocycles. The number of nitrogens with zero attached hydrogens (tertiary/aromatic N) is 5. The fraction of sp³-hybridized carbons (Fsp3) is 0.556. The van der Waals surface area contributed by atoms with Gasteiger partial charge in [-0.1, -0.05) is 19.3 Å². The summed E-state index contributed by atoms with van der Waals surface area (Å²) in [5.74, 6) is 1.09. The van der Waals surface area contributed by atoms with Gasteiger partial charge in [-0.05, 0) is 44.6 Å². The van der Waals surface area contributed by atoms with Crippen LogP contribution in [0.15, 0.2) is 29.3 Å². The van der Waals surface area contributed by atoms with Gasteiger partial charge in [0.25, 0.3) is 0 Å². The van der Waals surface area contributed by atoms with E-state index in [9.17, 15) is 4.79 Å². The summed E-state index contributed by atoms with van der Waals surface area (Å²) in [7, 11) is 1.50. The van der Waals surface area contributed by atoms with Crippen LogP contribution < -0.4 is 20.5 Å². The Bertz CT molecular complexity index is 1290. The molecule has 1 N–H and O–H groups in total. The molecule has 38 heavy (non-hydrogen) atoms. The van der Waals surface area contributed by atoms with Crippen LogP contribution in [-0.4, -0.2) is 44.3 Å². The van der Waals surface area contributed by atoms with Gasteiger partial charge in [0.1, 0.15) is 29.8 Å². The van der Waals surface area contributed by atoms with Gasteiger partial charge in [0.05, 0.1) is 37.9 Å². The van der Waals surface area contributed by atoms with Crippen molar-refractivity contribution in [2.75, 3.05) is 19.2 Å². The number of hydrogen-bond donors (Lipinski definition) is 1. The van der Waals surface area contributed by atoms with E-state index in [2.05, 4.69) is 27.3 Å².